The van der Waals surface area contributed by atoms with Crippen molar-refractivity contribution in [2.45, 2.75) is 37.7 Å². The molecule has 2 saturated heterocycles. The standard InChI is InChI=1S/C15H22N2O2S/c18-15(16-10-14-2-1-8-19-14)17-6-3-12(4-7-17)13-5-9-20-11-13/h5,9,11-12,14H,1-4,6-8,10H2,(H,16,18). The SMILES string of the molecule is O=C(NCC1CCCO1)N1CCC(c2ccsc2)CC1. The molecule has 0 radical (unpaired) electrons. The average molecular weight is 294 g/mol. The van der Waals surface area contributed by atoms with E-state index in [1.54, 1.807) is 11.3 Å². The fourth-order valence-corrected chi connectivity index (χ4v) is 3.78. The van der Waals surface area contributed by atoms with Gasteiger partial charge in [-0.15, -0.1) is 0 Å². The largest absolute Gasteiger partial charge is 0.376 e. The third kappa shape index (κ3) is 3.33. The molecule has 0 aliphatic carbocycles. The lowest BCUT2D eigenvalue weighted by molar-refractivity contribution is 0.108. The van der Waals surface area contributed by atoms with Crippen LogP contribution in [0.2, 0.25) is 0 Å². The first kappa shape index (κ1) is 13.9. The van der Waals surface area contributed by atoms with Crippen molar-refractivity contribution in [2.75, 3.05) is 26.2 Å². The van der Waals surface area contributed by atoms with Crippen LogP contribution in [0, 0.1) is 0 Å². The third-order valence-electron chi connectivity index (χ3n) is 4.30. The van der Waals surface area contributed by atoms with E-state index in [1.807, 2.05) is 4.90 Å². The fourth-order valence-electron chi connectivity index (χ4n) is 3.04. The summed E-state index contributed by atoms with van der Waals surface area (Å²) in [6, 6.07) is 2.28. The molecule has 2 amide bonds. The van der Waals surface area contributed by atoms with Gasteiger partial charge in [0.15, 0.2) is 0 Å². The van der Waals surface area contributed by atoms with Gasteiger partial charge in [0.1, 0.15) is 0 Å². The molecular weight excluding hydrogens is 272 g/mol. The summed E-state index contributed by atoms with van der Waals surface area (Å²) in [6.45, 7) is 3.21. The highest BCUT2D eigenvalue weighted by Gasteiger charge is 2.24. The van der Waals surface area contributed by atoms with Crippen LogP contribution in [-0.2, 0) is 4.74 Å². The Labute approximate surface area is 124 Å². The highest BCUT2D eigenvalue weighted by atomic mass is 32.1. The molecule has 0 spiro atoms. The van der Waals surface area contributed by atoms with Gasteiger partial charge in [0.25, 0.3) is 0 Å². The van der Waals surface area contributed by atoms with E-state index in [0.29, 0.717) is 12.5 Å². The molecule has 1 aromatic heterocycles. The molecule has 0 saturated carbocycles. The molecule has 1 unspecified atom stereocenters. The van der Waals surface area contributed by atoms with Crippen molar-refractivity contribution in [3.8, 4) is 0 Å². The van der Waals surface area contributed by atoms with Gasteiger partial charge in [-0.1, -0.05) is 0 Å². The zero-order valence-corrected chi connectivity index (χ0v) is 12.5. The second kappa shape index (κ2) is 6.59. The molecule has 0 aromatic carbocycles. The van der Waals surface area contributed by atoms with Crippen LogP contribution in [0.1, 0.15) is 37.2 Å². The molecule has 0 bridgehead atoms. The summed E-state index contributed by atoms with van der Waals surface area (Å²) in [7, 11) is 0. The third-order valence-corrected chi connectivity index (χ3v) is 5.00. The van der Waals surface area contributed by atoms with Crippen molar-refractivity contribution >= 4 is 17.4 Å². The van der Waals surface area contributed by atoms with Gasteiger partial charge in [0.2, 0.25) is 0 Å². The molecule has 5 heteroatoms. The minimum Gasteiger partial charge on any atom is -0.376 e. The topological polar surface area (TPSA) is 41.6 Å². The normalized spacial score (nSPS) is 24.0. The Morgan fingerprint density at radius 3 is 2.90 bits per heavy atom. The van der Waals surface area contributed by atoms with Crippen LogP contribution >= 0.6 is 11.3 Å². The maximum absolute atomic E-state index is 12.1. The van der Waals surface area contributed by atoms with E-state index in [9.17, 15) is 4.79 Å². The predicted molar refractivity (Wildman–Crippen MR) is 80.2 cm³/mol. The molecule has 3 heterocycles. The van der Waals surface area contributed by atoms with Gasteiger partial charge in [-0.05, 0) is 54.0 Å². The van der Waals surface area contributed by atoms with E-state index in [1.165, 1.54) is 5.56 Å². The second-order valence-corrected chi connectivity index (χ2v) is 6.42. The summed E-state index contributed by atoms with van der Waals surface area (Å²) in [4.78, 5) is 14.1. The van der Waals surface area contributed by atoms with Gasteiger partial charge in [0.05, 0.1) is 6.10 Å². The number of likely N-dealkylation sites (tertiary alicyclic amines) is 1. The van der Waals surface area contributed by atoms with E-state index in [-0.39, 0.29) is 12.1 Å². The minimum atomic E-state index is 0.0734. The summed E-state index contributed by atoms with van der Waals surface area (Å²) < 4.78 is 5.52. The highest BCUT2D eigenvalue weighted by Crippen LogP contribution is 2.29. The summed E-state index contributed by atoms with van der Waals surface area (Å²) in [5.74, 6) is 0.628. The molecule has 4 nitrogen and oxygen atoms in total. The van der Waals surface area contributed by atoms with Crippen molar-refractivity contribution in [2.24, 2.45) is 0 Å². The molecule has 2 fully saturated rings. The molecule has 1 atom stereocenters. The average Bonchev–Trinajstić information content (AvgIpc) is 3.18. The lowest BCUT2D eigenvalue weighted by Gasteiger charge is -2.32. The number of urea groups is 1. The van der Waals surface area contributed by atoms with Crippen molar-refractivity contribution in [1.29, 1.82) is 0 Å². The van der Waals surface area contributed by atoms with E-state index in [2.05, 4.69) is 22.1 Å². The van der Waals surface area contributed by atoms with Crippen molar-refractivity contribution < 1.29 is 9.53 Å². The van der Waals surface area contributed by atoms with Gasteiger partial charge >= 0.3 is 6.03 Å². The first-order valence-corrected chi connectivity index (χ1v) is 8.43. The van der Waals surface area contributed by atoms with Crippen molar-refractivity contribution in [1.82, 2.24) is 10.2 Å². The summed E-state index contributed by atoms with van der Waals surface area (Å²) >= 11 is 1.76. The summed E-state index contributed by atoms with van der Waals surface area (Å²) in [5, 5.41) is 7.38. The molecule has 20 heavy (non-hydrogen) atoms. The Bertz CT molecular complexity index is 421. The second-order valence-electron chi connectivity index (χ2n) is 5.64. The maximum atomic E-state index is 12.1. The molecule has 2 aliphatic rings. The van der Waals surface area contributed by atoms with E-state index >= 15 is 0 Å². The van der Waals surface area contributed by atoms with E-state index in [4.69, 9.17) is 4.74 Å². The van der Waals surface area contributed by atoms with Gasteiger partial charge < -0.3 is 15.0 Å². The van der Waals surface area contributed by atoms with Gasteiger partial charge in [-0.2, -0.15) is 11.3 Å². The van der Waals surface area contributed by atoms with Crippen molar-refractivity contribution in [3.05, 3.63) is 22.4 Å². The summed E-state index contributed by atoms with van der Waals surface area (Å²) in [5.41, 5.74) is 1.44. The molecular formula is C15H22N2O2S. The Morgan fingerprint density at radius 1 is 1.40 bits per heavy atom. The highest BCUT2D eigenvalue weighted by molar-refractivity contribution is 7.07. The molecule has 1 aromatic rings. The number of amides is 2. The number of ether oxygens (including phenoxy) is 1. The van der Waals surface area contributed by atoms with Crippen molar-refractivity contribution in [3.63, 3.8) is 0 Å². The number of thiophene rings is 1. The Kier molecular flexibility index (Phi) is 4.58. The summed E-state index contributed by atoms with van der Waals surface area (Å²) in [6.07, 6.45) is 4.56. The number of carbonyl (C=O) groups is 1. The minimum absolute atomic E-state index is 0.0734. The monoisotopic (exact) mass is 294 g/mol. The first-order valence-electron chi connectivity index (χ1n) is 7.49. The Morgan fingerprint density at radius 2 is 2.25 bits per heavy atom. The number of hydrogen-bond acceptors (Lipinski definition) is 3. The lowest BCUT2D eigenvalue weighted by atomic mass is 9.91. The quantitative estimate of drug-likeness (QED) is 0.931. The van der Waals surface area contributed by atoms with E-state index in [0.717, 1.165) is 45.4 Å². The molecule has 110 valence electrons. The first-order chi connectivity index (χ1) is 9.83. The number of nitrogens with one attached hydrogen (secondary N) is 1. The van der Waals surface area contributed by atoms with Crippen LogP contribution in [0.3, 0.4) is 0 Å². The van der Waals surface area contributed by atoms with E-state index < -0.39 is 0 Å². The number of carbonyl (C=O) groups excluding carboxylic acids is 1. The van der Waals surface area contributed by atoms with Crippen LogP contribution in [0.25, 0.3) is 0 Å². The predicted octanol–water partition coefficient (Wildman–Crippen LogP) is 2.82. The molecule has 1 N–H and O–H groups in total. The number of piperidine rings is 1. The van der Waals surface area contributed by atoms with Gasteiger partial charge in [-0.3, -0.25) is 0 Å². The smallest absolute Gasteiger partial charge is 0.317 e. The zero-order valence-electron chi connectivity index (χ0n) is 11.7. The molecule has 3 rings (SSSR count). The van der Waals surface area contributed by atoms with Crippen LogP contribution in [0.15, 0.2) is 16.8 Å². The van der Waals surface area contributed by atoms with Crippen LogP contribution < -0.4 is 5.32 Å². The van der Waals surface area contributed by atoms with Crippen LogP contribution in [-0.4, -0.2) is 43.3 Å². The van der Waals surface area contributed by atoms with Crippen LogP contribution in [0.4, 0.5) is 4.79 Å². The number of rotatable bonds is 3. The lowest BCUT2D eigenvalue weighted by Crippen LogP contribution is -2.46. The van der Waals surface area contributed by atoms with Crippen LogP contribution in [0.5, 0.6) is 0 Å². The Balaban J connectivity index is 1.42. The van der Waals surface area contributed by atoms with Gasteiger partial charge in [0, 0.05) is 26.2 Å². The number of nitrogens with zero attached hydrogens (tertiary/aromatic N) is 1. The fraction of sp³-hybridized carbons (Fsp3) is 0.667. The maximum Gasteiger partial charge on any atom is 0.317 e. The number of hydrogen-bond donors (Lipinski definition) is 1. The van der Waals surface area contributed by atoms with Gasteiger partial charge in [-0.25, -0.2) is 4.79 Å². The zero-order chi connectivity index (χ0) is 13.8. The Hall–Kier alpha value is -1.07. The molecule has 2 aliphatic heterocycles.